The van der Waals surface area contributed by atoms with E-state index in [9.17, 15) is 4.79 Å². The van der Waals surface area contributed by atoms with Crippen LogP contribution in [0.15, 0.2) is 30.3 Å². The van der Waals surface area contributed by atoms with Crippen LogP contribution in [0.4, 0.5) is 0 Å². The van der Waals surface area contributed by atoms with Crippen molar-refractivity contribution >= 4 is 5.97 Å². The Hall–Kier alpha value is -1.39. The number of nitrogens with zero attached hydrogens (tertiary/aromatic N) is 1. The third-order valence-electron chi connectivity index (χ3n) is 4.37. The highest BCUT2D eigenvalue weighted by atomic mass is 16.5. The molecular formula is C15H20N2O2. The van der Waals surface area contributed by atoms with Crippen LogP contribution in [0.1, 0.15) is 18.4 Å². The minimum Gasteiger partial charge on any atom is -0.468 e. The summed E-state index contributed by atoms with van der Waals surface area (Å²) >= 11 is 0. The summed E-state index contributed by atoms with van der Waals surface area (Å²) in [4.78, 5) is 14.4. The summed E-state index contributed by atoms with van der Waals surface area (Å²) in [5.41, 5.74) is 0.813. The lowest BCUT2D eigenvalue weighted by Gasteiger charge is -2.51. The summed E-state index contributed by atoms with van der Waals surface area (Å²) in [5, 5.41) is 3.38. The highest BCUT2D eigenvalue weighted by Gasteiger charge is 2.50. The molecule has 0 radical (unpaired) electrons. The molecule has 3 aliphatic heterocycles. The third-order valence-corrected chi connectivity index (χ3v) is 4.37. The predicted octanol–water partition coefficient (Wildman–Crippen LogP) is 1.17. The maximum absolute atomic E-state index is 12.0. The molecular weight excluding hydrogens is 240 g/mol. The van der Waals surface area contributed by atoms with Gasteiger partial charge in [-0.3, -0.25) is 15.0 Å². The molecule has 2 bridgehead atoms. The molecule has 0 aliphatic carbocycles. The lowest BCUT2D eigenvalue weighted by Crippen LogP contribution is -2.71. The molecule has 3 heterocycles. The molecule has 102 valence electrons. The number of piperidine rings is 2. The van der Waals surface area contributed by atoms with E-state index in [0.29, 0.717) is 6.04 Å². The molecule has 4 rings (SSSR count). The topological polar surface area (TPSA) is 41.6 Å². The smallest absolute Gasteiger partial charge is 0.327 e. The zero-order valence-corrected chi connectivity index (χ0v) is 11.3. The van der Waals surface area contributed by atoms with Crippen molar-refractivity contribution in [3.63, 3.8) is 0 Å². The van der Waals surface area contributed by atoms with Crippen LogP contribution in [0.2, 0.25) is 0 Å². The fraction of sp³-hybridized carbons (Fsp3) is 0.533. The van der Waals surface area contributed by atoms with Crippen molar-refractivity contribution in [1.29, 1.82) is 0 Å². The summed E-state index contributed by atoms with van der Waals surface area (Å²) in [6.45, 7) is 2.53. The van der Waals surface area contributed by atoms with Gasteiger partial charge in [0, 0.05) is 25.7 Å². The zero-order valence-electron chi connectivity index (χ0n) is 11.3. The van der Waals surface area contributed by atoms with Gasteiger partial charge in [-0.15, -0.1) is 0 Å². The van der Waals surface area contributed by atoms with E-state index < -0.39 is 5.54 Å². The lowest BCUT2D eigenvalue weighted by atomic mass is 9.80. The predicted molar refractivity (Wildman–Crippen MR) is 72.6 cm³/mol. The van der Waals surface area contributed by atoms with Crippen molar-refractivity contribution in [1.82, 2.24) is 10.2 Å². The summed E-state index contributed by atoms with van der Waals surface area (Å²) in [6.07, 6.45) is 1.95. The van der Waals surface area contributed by atoms with Crippen molar-refractivity contribution in [2.75, 3.05) is 20.2 Å². The number of esters is 1. The van der Waals surface area contributed by atoms with Crippen molar-refractivity contribution in [3.05, 3.63) is 35.9 Å². The normalized spacial score (nSPS) is 30.3. The molecule has 0 aromatic heterocycles. The van der Waals surface area contributed by atoms with Crippen LogP contribution < -0.4 is 5.32 Å². The lowest BCUT2D eigenvalue weighted by molar-refractivity contribution is -0.155. The number of methoxy groups -OCH3 is 1. The Bertz CT molecular complexity index is 452. The first-order chi connectivity index (χ1) is 9.23. The molecule has 4 heteroatoms. The molecule has 3 aliphatic rings. The van der Waals surface area contributed by atoms with Gasteiger partial charge >= 0.3 is 5.97 Å². The van der Waals surface area contributed by atoms with Gasteiger partial charge in [0.15, 0.2) is 0 Å². The molecule has 3 fully saturated rings. The molecule has 0 saturated carbocycles. The van der Waals surface area contributed by atoms with E-state index in [4.69, 9.17) is 4.74 Å². The Kier molecular flexibility index (Phi) is 3.29. The summed E-state index contributed by atoms with van der Waals surface area (Å²) in [5.74, 6) is -0.122. The number of piperazine rings is 1. The number of rotatable bonds is 3. The van der Waals surface area contributed by atoms with E-state index in [2.05, 4.69) is 34.5 Å². The van der Waals surface area contributed by atoms with Crippen LogP contribution >= 0.6 is 0 Å². The average Bonchev–Trinajstić information content (AvgIpc) is 2.48. The van der Waals surface area contributed by atoms with Crippen LogP contribution in [0.25, 0.3) is 0 Å². The molecule has 2 unspecified atom stereocenters. The summed E-state index contributed by atoms with van der Waals surface area (Å²) < 4.78 is 4.98. The molecule has 1 N–H and O–H groups in total. The first kappa shape index (κ1) is 12.6. The highest BCUT2D eigenvalue weighted by Crippen LogP contribution is 2.32. The largest absolute Gasteiger partial charge is 0.468 e. The first-order valence-corrected chi connectivity index (χ1v) is 6.85. The second-order valence-corrected chi connectivity index (χ2v) is 5.54. The molecule has 3 saturated heterocycles. The third kappa shape index (κ3) is 2.26. The van der Waals surface area contributed by atoms with Gasteiger partial charge in [0.1, 0.15) is 5.54 Å². The number of hydrogen-bond acceptors (Lipinski definition) is 4. The van der Waals surface area contributed by atoms with E-state index in [0.717, 1.165) is 32.5 Å². The summed E-state index contributed by atoms with van der Waals surface area (Å²) in [6, 6.07) is 11.0. The van der Waals surface area contributed by atoms with Gasteiger partial charge in [-0.25, -0.2) is 0 Å². The number of hydrogen-bond donors (Lipinski definition) is 1. The van der Waals surface area contributed by atoms with Crippen molar-refractivity contribution in [2.24, 2.45) is 0 Å². The molecule has 4 nitrogen and oxygen atoms in total. The fourth-order valence-corrected chi connectivity index (χ4v) is 3.28. The van der Waals surface area contributed by atoms with Gasteiger partial charge in [0.2, 0.25) is 0 Å². The second kappa shape index (κ2) is 4.94. The molecule has 1 aromatic rings. The number of nitrogens with one attached hydrogen (secondary N) is 1. The number of fused-ring (bicyclic) bond motifs is 3. The van der Waals surface area contributed by atoms with E-state index in [1.54, 1.807) is 0 Å². The van der Waals surface area contributed by atoms with E-state index in [-0.39, 0.29) is 5.97 Å². The van der Waals surface area contributed by atoms with Gasteiger partial charge in [0.05, 0.1) is 7.11 Å². The SMILES string of the molecule is COC(=O)C12CCC(CN1)N(Cc1ccccc1)C2. The summed E-state index contributed by atoms with van der Waals surface area (Å²) in [7, 11) is 1.47. The van der Waals surface area contributed by atoms with Gasteiger partial charge in [-0.05, 0) is 18.4 Å². The van der Waals surface area contributed by atoms with Crippen molar-refractivity contribution in [2.45, 2.75) is 31.0 Å². The number of carbonyl (C=O) groups is 1. The Morgan fingerprint density at radius 3 is 2.89 bits per heavy atom. The Labute approximate surface area is 113 Å². The van der Waals surface area contributed by atoms with Crippen molar-refractivity contribution < 1.29 is 9.53 Å². The Morgan fingerprint density at radius 1 is 1.47 bits per heavy atom. The Balaban J connectivity index is 1.76. The van der Waals surface area contributed by atoms with Gasteiger partial charge in [-0.2, -0.15) is 0 Å². The Morgan fingerprint density at radius 2 is 2.26 bits per heavy atom. The van der Waals surface area contributed by atoms with Crippen LogP contribution in [-0.2, 0) is 16.1 Å². The van der Waals surface area contributed by atoms with Gasteiger partial charge < -0.3 is 4.74 Å². The maximum atomic E-state index is 12.0. The van der Waals surface area contributed by atoms with Gasteiger partial charge in [-0.1, -0.05) is 30.3 Å². The molecule has 0 spiro atoms. The monoisotopic (exact) mass is 260 g/mol. The second-order valence-electron chi connectivity index (χ2n) is 5.54. The standard InChI is InChI=1S/C15H20N2O2/c1-19-14(18)15-8-7-13(9-16-15)17(11-15)10-12-5-3-2-4-6-12/h2-6,13,16H,7-11H2,1H3. The van der Waals surface area contributed by atoms with E-state index >= 15 is 0 Å². The van der Waals surface area contributed by atoms with Crippen LogP contribution in [0, 0.1) is 0 Å². The van der Waals surface area contributed by atoms with Crippen LogP contribution in [0.5, 0.6) is 0 Å². The number of carbonyl (C=O) groups excluding carboxylic acids is 1. The maximum Gasteiger partial charge on any atom is 0.327 e. The first-order valence-electron chi connectivity index (χ1n) is 6.85. The molecule has 2 atom stereocenters. The van der Waals surface area contributed by atoms with Crippen LogP contribution in [-0.4, -0.2) is 42.6 Å². The minimum absolute atomic E-state index is 0.122. The zero-order chi connectivity index (χ0) is 13.3. The average molecular weight is 260 g/mol. The van der Waals surface area contributed by atoms with Crippen LogP contribution in [0.3, 0.4) is 0 Å². The highest BCUT2D eigenvalue weighted by molar-refractivity contribution is 5.81. The van der Waals surface area contributed by atoms with Gasteiger partial charge in [0.25, 0.3) is 0 Å². The quantitative estimate of drug-likeness (QED) is 0.828. The van der Waals surface area contributed by atoms with E-state index in [1.165, 1.54) is 12.7 Å². The fourth-order valence-electron chi connectivity index (χ4n) is 3.28. The molecule has 0 amide bonds. The number of benzene rings is 1. The molecule has 19 heavy (non-hydrogen) atoms. The number of ether oxygens (including phenoxy) is 1. The minimum atomic E-state index is -0.488. The van der Waals surface area contributed by atoms with Crippen molar-refractivity contribution in [3.8, 4) is 0 Å². The van der Waals surface area contributed by atoms with E-state index in [1.807, 2.05) is 6.07 Å². The molecule has 1 aromatic carbocycles.